The van der Waals surface area contributed by atoms with E-state index in [2.05, 4.69) is 0 Å². The SMILES string of the molecule is CCOc1ccc(C2/C(=C(/O)c3ccc(OC)cc3OC)C(=O)C(=O)N2c2cccc(OCC)c2)cc1. The summed E-state index contributed by atoms with van der Waals surface area (Å²) in [7, 11) is 2.97. The van der Waals surface area contributed by atoms with Crippen LogP contribution in [0.4, 0.5) is 5.69 Å². The van der Waals surface area contributed by atoms with Crippen LogP contribution < -0.4 is 23.8 Å². The number of aliphatic hydroxyl groups excluding tert-OH is 1. The van der Waals surface area contributed by atoms with E-state index < -0.39 is 17.7 Å². The summed E-state index contributed by atoms with van der Waals surface area (Å²) < 4.78 is 21.9. The zero-order valence-corrected chi connectivity index (χ0v) is 21.2. The molecule has 37 heavy (non-hydrogen) atoms. The van der Waals surface area contributed by atoms with E-state index in [9.17, 15) is 14.7 Å². The minimum Gasteiger partial charge on any atom is -0.507 e. The number of nitrogens with zero attached hydrogens (tertiary/aromatic N) is 1. The van der Waals surface area contributed by atoms with Crippen molar-refractivity contribution in [2.75, 3.05) is 32.3 Å². The standard InChI is InChI=1S/C29H29NO7/c1-5-36-20-12-10-18(11-13-20)26-25(27(31)23-15-14-21(34-3)17-24(23)35-4)28(32)29(33)30(26)19-8-7-9-22(16-19)37-6-2/h7-17,26,31H,5-6H2,1-4H3/b27-25-. The number of anilines is 1. The predicted octanol–water partition coefficient (Wildman–Crippen LogP) is 5.13. The number of hydrogen-bond donors (Lipinski definition) is 1. The van der Waals surface area contributed by atoms with Crippen molar-refractivity contribution in [3.05, 3.63) is 83.4 Å². The number of carbonyl (C=O) groups is 2. The number of benzene rings is 3. The molecule has 1 fully saturated rings. The fourth-order valence-corrected chi connectivity index (χ4v) is 4.36. The Morgan fingerprint density at radius 2 is 1.51 bits per heavy atom. The van der Waals surface area contributed by atoms with Crippen molar-refractivity contribution in [1.82, 2.24) is 0 Å². The Hall–Kier alpha value is -4.46. The third-order valence-electron chi connectivity index (χ3n) is 6.02. The summed E-state index contributed by atoms with van der Waals surface area (Å²) in [5.74, 6) is 0.108. The number of Topliss-reactive ketones (excluding diaryl/α,β-unsaturated/α-hetero) is 1. The van der Waals surface area contributed by atoms with Gasteiger partial charge in [-0.2, -0.15) is 0 Å². The molecule has 1 unspecified atom stereocenters. The molecule has 0 aromatic heterocycles. The third-order valence-corrected chi connectivity index (χ3v) is 6.02. The second kappa shape index (κ2) is 11.1. The van der Waals surface area contributed by atoms with Crippen LogP contribution in [0.2, 0.25) is 0 Å². The number of ketones is 1. The van der Waals surface area contributed by atoms with E-state index in [0.717, 1.165) is 0 Å². The van der Waals surface area contributed by atoms with Gasteiger partial charge in [-0.3, -0.25) is 14.5 Å². The van der Waals surface area contributed by atoms with Gasteiger partial charge >= 0.3 is 0 Å². The smallest absolute Gasteiger partial charge is 0.300 e. The fraction of sp³-hybridized carbons (Fsp3) is 0.241. The Balaban J connectivity index is 1.92. The minimum atomic E-state index is -0.903. The topological polar surface area (TPSA) is 94.5 Å². The molecule has 0 bridgehead atoms. The average molecular weight is 504 g/mol. The molecule has 1 aliphatic heterocycles. The molecule has 0 saturated carbocycles. The molecule has 4 rings (SSSR count). The molecule has 192 valence electrons. The molecule has 1 N–H and O–H groups in total. The summed E-state index contributed by atoms with van der Waals surface area (Å²) in [6.45, 7) is 4.69. The molecular formula is C29H29NO7. The first kappa shape index (κ1) is 25.6. The minimum absolute atomic E-state index is 0.0561. The first-order chi connectivity index (χ1) is 17.9. The van der Waals surface area contributed by atoms with Crippen LogP contribution in [-0.4, -0.2) is 44.2 Å². The lowest BCUT2D eigenvalue weighted by atomic mass is 9.94. The van der Waals surface area contributed by atoms with Crippen molar-refractivity contribution in [2.45, 2.75) is 19.9 Å². The highest BCUT2D eigenvalue weighted by Gasteiger charge is 2.47. The second-order valence-electron chi connectivity index (χ2n) is 8.17. The van der Waals surface area contributed by atoms with Crippen molar-refractivity contribution >= 4 is 23.1 Å². The van der Waals surface area contributed by atoms with Gasteiger partial charge in [-0.1, -0.05) is 18.2 Å². The van der Waals surface area contributed by atoms with Crippen LogP contribution >= 0.6 is 0 Å². The fourth-order valence-electron chi connectivity index (χ4n) is 4.36. The van der Waals surface area contributed by atoms with Crippen LogP contribution in [0.5, 0.6) is 23.0 Å². The number of methoxy groups -OCH3 is 2. The van der Waals surface area contributed by atoms with Gasteiger partial charge in [0.2, 0.25) is 0 Å². The van der Waals surface area contributed by atoms with Crippen molar-refractivity contribution < 1.29 is 33.6 Å². The Labute approximate surface area is 215 Å². The lowest BCUT2D eigenvalue weighted by Gasteiger charge is -2.26. The molecule has 1 atom stereocenters. The first-order valence-electron chi connectivity index (χ1n) is 11.9. The van der Waals surface area contributed by atoms with E-state index in [1.54, 1.807) is 66.7 Å². The van der Waals surface area contributed by atoms with Crippen LogP contribution in [0.15, 0.2) is 72.3 Å². The van der Waals surface area contributed by atoms with Gasteiger partial charge in [-0.15, -0.1) is 0 Å². The number of hydrogen-bond acceptors (Lipinski definition) is 7. The average Bonchev–Trinajstić information content (AvgIpc) is 3.19. The maximum Gasteiger partial charge on any atom is 0.300 e. The molecule has 1 heterocycles. The monoisotopic (exact) mass is 503 g/mol. The Morgan fingerprint density at radius 1 is 0.838 bits per heavy atom. The highest BCUT2D eigenvalue weighted by Crippen LogP contribution is 2.44. The predicted molar refractivity (Wildman–Crippen MR) is 140 cm³/mol. The van der Waals surface area contributed by atoms with E-state index in [0.29, 0.717) is 47.5 Å². The van der Waals surface area contributed by atoms with Gasteiger partial charge in [0.15, 0.2) is 0 Å². The molecular weight excluding hydrogens is 474 g/mol. The Kier molecular flexibility index (Phi) is 7.67. The van der Waals surface area contributed by atoms with E-state index in [1.807, 2.05) is 13.8 Å². The van der Waals surface area contributed by atoms with Crippen LogP contribution in [-0.2, 0) is 9.59 Å². The number of amides is 1. The summed E-state index contributed by atoms with van der Waals surface area (Å²) in [6.07, 6.45) is 0. The molecule has 8 heteroatoms. The van der Waals surface area contributed by atoms with Crippen LogP contribution in [0.1, 0.15) is 31.0 Å². The third kappa shape index (κ3) is 4.95. The van der Waals surface area contributed by atoms with E-state index in [1.165, 1.54) is 19.1 Å². The summed E-state index contributed by atoms with van der Waals surface area (Å²) in [5, 5.41) is 11.5. The molecule has 0 spiro atoms. The quantitative estimate of drug-likeness (QED) is 0.246. The maximum atomic E-state index is 13.5. The number of ether oxygens (including phenoxy) is 4. The highest BCUT2D eigenvalue weighted by molar-refractivity contribution is 6.51. The zero-order chi connectivity index (χ0) is 26.5. The first-order valence-corrected chi connectivity index (χ1v) is 11.9. The van der Waals surface area contributed by atoms with Crippen LogP contribution in [0, 0.1) is 0 Å². The molecule has 1 amide bonds. The normalized spacial score (nSPS) is 16.5. The summed E-state index contributed by atoms with van der Waals surface area (Å²) in [5.41, 5.74) is 1.30. The summed E-state index contributed by atoms with van der Waals surface area (Å²) in [6, 6.07) is 18.0. The maximum absolute atomic E-state index is 13.5. The molecule has 0 radical (unpaired) electrons. The molecule has 8 nitrogen and oxygen atoms in total. The van der Waals surface area contributed by atoms with E-state index in [4.69, 9.17) is 18.9 Å². The van der Waals surface area contributed by atoms with Crippen molar-refractivity contribution in [2.24, 2.45) is 0 Å². The highest BCUT2D eigenvalue weighted by atomic mass is 16.5. The Morgan fingerprint density at radius 3 is 2.16 bits per heavy atom. The van der Waals surface area contributed by atoms with Crippen LogP contribution in [0.25, 0.3) is 5.76 Å². The Bertz CT molecular complexity index is 1330. The summed E-state index contributed by atoms with van der Waals surface area (Å²) >= 11 is 0. The second-order valence-corrected chi connectivity index (χ2v) is 8.17. The van der Waals surface area contributed by atoms with Gasteiger partial charge < -0.3 is 24.1 Å². The van der Waals surface area contributed by atoms with Gasteiger partial charge in [-0.05, 0) is 55.8 Å². The largest absolute Gasteiger partial charge is 0.507 e. The van der Waals surface area contributed by atoms with Crippen molar-refractivity contribution in [3.8, 4) is 23.0 Å². The molecule has 1 saturated heterocycles. The van der Waals surface area contributed by atoms with E-state index >= 15 is 0 Å². The number of aliphatic hydroxyl groups is 1. The van der Waals surface area contributed by atoms with Gasteiger partial charge in [0, 0.05) is 17.8 Å². The number of rotatable bonds is 9. The lowest BCUT2D eigenvalue weighted by Crippen LogP contribution is -2.29. The number of carbonyl (C=O) groups excluding carboxylic acids is 2. The molecule has 3 aromatic carbocycles. The van der Waals surface area contributed by atoms with Crippen LogP contribution in [0.3, 0.4) is 0 Å². The molecule has 1 aliphatic rings. The van der Waals surface area contributed by atoms with E-state index in [-0.39, 0.29) is 16.9 Å². The zero-order valence-electron chi connectivity index (χ0n) is 21.2. The van der Waals surface area contributed by atoms with Gasteiger partial charge in [0.1, 0.15) is 28.8 Å². The van der Waals surface area contributed by atoms with Crippen molar-refractivity contribution in [3.63, 3.8) is 0 Å². The molecule has 0 aliphatic carbocycles. The molecule has 3 aromatic rings. The van der Waals surface area contributed by atoms with Gasteiger partial charge in [0.25, 0.3) is 11.7 Å². The van der Waals surface area contributed by atoms with Gasteiger partial charge in [-0.25, -0.2) is 0 Å². The van der Waals surface area contributed by atoms with Gasteiger partial charge in [0.05, 0.1) is 44.6 Å². The lowest BCUT2D eigenvalue weighted by molar-refractivity contribution is -0.132. The summed E-state index contributed by atoms with van der Waals surface area (Å²) in [4.78, 5) is 28.3. The van der Waals surface area contributed by atoms with Crippen molar-refractivity contribution in [1.29, 1.82) is 0 Å².